The van der Waals surface area contributed by atoms with Crippen LogP contribution in [-0.2, 0) is 6.42 Å². The molecule has 0 aromatic heterocycles. The highest BCUT2D eigenvalue weighted by Gasteiger charge is 2.14. The van der Waals surface area contributed by atoms with Crippen LogP contribution in [0.25, 0.3) is 0 Å². The molecule has 2 aromatic rings. The van der Waals surface area contributed by atoms with E-state index in [0.29, 0.717) is 12.1 Å². The third-order valence-corrected chi connectivity index (χ3v) is 4.37. The fourth-order valence-corrected chi connectivity index (χ4v) is 2.60. The van der Waals surface area contributed by atoms with Crippen LogP contribution in [0.15, 0.2) is 54.6 Å². The lowest BCUT2D eigenvalue weighted by molar-refractivity contribution is 0.0941. The molecule has 1 unspecified atom stereocenters. The first kappa shape index (κ1) is 17.0. The first-order valence-corrected chi connectivity index (χ1v) is 8.38. The van der Waals surface area contributed by atoms with Crippen LogP contribution in [-0.4, -0.2) is 37.5 Å². The maximum Gasteiger partial charge on any atom is 0.251 e. The van der Waals surface area contributed by atoms with E-state index in [9.17, 15) is 4.79 Å². The molecule has 1 atom stereocenters. The lowest BCUT2D eigenvalue weighted by Crippen LogP contribution is -2.41. The molecule has 22 heavy (non-hydrogen) atoms. The van der Waals surface area contributed by atoms with Crippen molar-refractivity contribution in [3.05, 3.63) is 69.3 Å². The first-order valence-electron chi connectivity index (χ1n) is 7.30. The van der Waals surface area contributed by atoms with Gasteiger partial charge in [0.2, 0.25) is 0 Å². The highest BCUT2D eigenvalue weighted by atomic mass is 127. The summed E-state index contributed by atoms with van der Waals surface area (Å²) in [6.45, 7) is 0.632. The van der Waals surface area contributed by atoms with E-state index in [2.05, 4.69) is 44.9 Å². The van der Waals surface area contributed by atoms with Crippen molar-refractivity contribution in [3.63, 3.8) is 0 Å². The molecule has 1 N–H and O–H groups in total. The van der Waals surface area contributed by atoms with Crippen molar-refractivity contribution in [3.8, 4) is 0 Å². The number of halogens is 1. The Bertz CT molecular complexity index is 596. The predicted octanol–water partition coefficient (Wildman–Crippen LogP) is 3.19. The van der Waals surface area contributed by atoms with Gasteiger partial charge in [-0.15, -0.1) is 0 Å². The Morgan fingerprint density at radius 1 is 1.09 bits per heavy atom. The van der Waals surface area contributed by atoms with Crippen LogP contribution in [0.3, 0.4) is 0 Å². The molecule has 3 nitrogen and oxygen atoms in total. The number of nitrogens with one attached hydrogen (secondary N) is 1. The summed E-state index contributed by atoms with van der Waals surface area (Å²) in [5.74, 6) is -0.0173. The minimum absolute atomic E-state index is 0.0173. The van der Waals surface area contributed by atoms with Crippen LogP contribution in [0.2, 0.25) is 0 Å². The molecule has 0 radical (unpaired) electrons. The summed E-state index contributed by atoms with van der Waals surface area (Å²) in [6.07, 6.45) is 0.917. The molecule has 0 aliphatic rings. The molecule has 0 bridgehead atoms. The van der Waals surface area contributed by atoms with Crippen LogP contribution >= 0.6 is 22.6 Å². The van der Waals surface area contributed by atoms with Crippen molar-refractivity contribution in [2.24, 2.45) is 0 Å². The number of benzene rings is 2. The second kappa shape index (κ2) is 8.29. The Morgan fingerprint density at radius 2 is 1.73 bits per heavy atom. The zero-order chi connectivity index (χ0) is 15.9. The number of hydrogen-bond acceptors (Lipinski definition) is 2. The van der Waals surface area contributed by atoms with Crippen LogP contribution in [0, 0.1) is 3.57 Å². The van der Waals surface area contributed by atoms with Gasteiger partial charge in [-0.2, -0.15) is 0 Å². The van der Waals surface area contributed by atoms with Crippen molar-refractivity contribution in [2.75, 3.05) is 20.6 Å². The molecule has 4 heteroatoms. The van der Waals surface area contributed by atoms with Crippen molar-refractivity contribution in [1.29, 1.82) is 0 Å². The summed E-state index contributed by atoms with van der Waals surface area (Å²) in [5.41, 5.74) is 1.99. The Labute approximate surface area is 145 Å². The molecule has 116 valence electrons. The van der Waals surface area contributed by atoms with Gasteiger partial charge in [0, 0.05) is 21.7 Å². The Hall–Kier alpha value is -1.40. The van der Waals surface area contributed by atoms with Crippen LogP contribution < -0.4 is 5.32 Å². The maximum atomic E-state index is 12.2. The average Bonchev–Trinajstić information content (AvgIpc) is 2.52. The molecule has 1 amide bonds. The van der Waals surface area contributed by atoms with Crippen LogP contribution in [0.4, 0.5) is 0 Å². The van der Waals surface area contributed by atoms with E-state index in [-0.39, 0.29) is 11.9 Å². The Kier molecular flexibility index (Phi) is 6.39. The van der Waals surface area contributed by atoms with E-state index in [1.54, 1.807) is 0 Å². The fourth-order valence-electron chi connectivity index (χ4n) is 2.24. The third-order valence-electron chi connectivity index (χ3n) is 3.65. The molecule has 2 aromatic carbocycles. The lowest BCUT2D eigenvalue weighted by atomic mass is 10.1. The highest BCUT2D eigenvalue weighted by molar-refractivity contribution is 14.1. The lowest BCUT2D eigenvalue weighted by Gasteiger charge is -2.24. The van der Waals surface area contributed by atoms with Gasteiger partial charge in [-0.3, -0.25) is 4.79 Å². The summed E-state index contributed by atoms with van der Waals surface area (Å²) >= 11 is 2.23. The normalized spacial score (nSPS) is 12.2. The second-order valence-corrected chi connectivity index (χ2v) is 6.77. The molecule has 0 aliphatic heterocycles. The number of rotatable bonds is 6. The quantitative estimate of drug-likeness (QED) is 0.745. The van der Waals surface area contributed by atoms with E-state index in [1.165, 1.54) is 5.56 Å². The minimum Gasteiger partial charge on any atom is -0.350 e. The van der Waals surface area contributed by atoms with Crippen LogP contribution in [0.1, 0.15) is 15.9 Å². The molecular weight excluding hydrogens is 387 g/mol. The van der Waals surface area contributed by atoms with E-state index < -0.39 is 0 Å². The molecule has 2 rings (SSSR count). The van der Waals surface area contributed by atoms with Gasteiger partial charge in [0.25, 0.3) is 5.91 Å². The summed E-state index contributed by atoms with van der Waals surface area (Å²) in [7, 11) is 4.09. The zero-order valence-electron chi connectivity index (χ0n) is 12.9. The van der Waals surface area contributed by atoms with Gasteiger partial charge >= 0.3 is 0 Å². The topological polar surface area (TPSA) is 32.3 Å². The van der Waals surface area contributed by atoms with Gasteiger partial charge in [0.15, 0.2) is 0 Å². The number of hydrogen-bond donors (Lipinski definition) is 1. The predicted molar refractivity (Wildman–Crippen MR) is 99.1 cm³/mol. The number of carbonyl (C=O) groups is 1. The van der Waals surface area contributed by atoms with Gasteiger partial charge in [0.05, 0.1) is 0 Å². The summed E-state index contributed by atoms with van der Waals surface area (Å²) < 4.78 is 1.13. The Balaban J connectivity index is 1.94. The zero-order valence-corrected chi connectivity index (χ0v) is 15.1. The van der Waals surface area contributed by atoms with E-state index in [4.69, 9.17) is 0 Å². The largest absolute Gasteiger partial charge is 0.350 e. The average molecular weight is 408 g/mol. The van der Waals surface area contributed by atoms with Crippen molar-refractivity contribution in [1.82, 2.24) is 10.2 Å². The first-order chi connectivity index (χ1) is 10.6. The van der Waals surface area contributed by atoms with Gasteiger partial charge in [-0.05, 0) is 72.9 Å². The molecule has 0 aliphatic carbocycles. The van der Waals surface area contributed by atoms with Gasteiger partial charge in [-0.25, -0.2) is 0 Å². The molecule has 0 fully saturated rings. The van der Waals surface area contributed by atoms with Crippen LogP contribution in [0.5, 0.6) is 0 Å². The molecule has 0 saturated heterocycles. The number of likely N-dealkylation sites (N-methyl/N-ethyl adjacent to an activating group) is 1. The maximum absolute atomic E-state index is 12.2. The minimum atomic E-state index is -0.0173. The summed E-state index contributed by atoms with van der Waals surface area (Å²) in [5, 5.41) is 3.04. The number of carbonyl (C=O) groups excluding carboxylic acids is 1. The smallest absolute Gasteiger partial charge is 0.251 e. The third kappa shape index (κ3) is 5.10. The van der Waals surface area contributed by atoms with E-state index >= 15 is 0 Å². The molecular formula is C18H21IN2O. The number of amides is 1. The number of nitrogens with zero attached hydrogens (tertiary/aromatic N) is 1. The molecule has 0 heterocycles. The summed E-state index contributed by atoms with van der Waals surface area (Å²) in [4.78, 5) is 14.4. The summed E-state index contributed by atoms with van der Waals surface area (Å²) in [6, 6.07) is 18.2. The second-order valence-electron chi connectivity index (χ2n) is 5.52. The fraction of sp³-hybridized carbons (Fsp3) is 0.278. The molecule has 0 saturated carbocycles. The molecule has 0 spiro atoms. The van der Waals surface area contributed by atoms with E-state index in [1.807, 2.05) is 56.6 Å². The Morgan fingerprint density at radius 3 is 2.32 bits per heavy atom. The van der Waals surface area contributed by atoms with Gasteiger partial charge in [-0.1, -0.05) is 30.3 Å². The van der Waals surface area contributed by atoms with Crippen molar-refractivity contribution in [2.45, 2.75) is 12.5 Å². The highest BCUT2D eigenvalue weighted by Crippen LogP contribution is 2.08. The van der Waals surface area contributed by atoms with Gasteiger partial charge in [0.1, 0.15) is 0 Å². The van der Waals surface area contributed by atoms with Crippen molar-refractivity contribution < 1.29 is 4.79 Å². The SMILES string of the molecule is CN(C)C(CNC(=O)c1ccc(I)cc1)Cc1ccccc1. The van der Waals surface area contributed by atoms with E-state index in [0.717, 1.165) is 9.99 Å². The standard InChI is InChI=1S/C18H21IN2O/c1-21(2)17(12-14-6-4-3-5-7-14)13-20-18(22)15-8-10-16(19)11-9-15/h3-11,17H,12-13H2,1-2H3,(H,20,22). The van der Waals surface area contributed by atoms with Gasteiger partial charge < -0.3 is 10.2 Å². The monoisotopic (exact) mass is 408 g/mol. The van der Waals surface area contributed by atoms with Crippen molar-refractivity contribution >= 4 is 28.5 Å².